The maximum Gasteiger partial charge on any atom is 0.255 e. The van der Waals surface area contributed by atoms with Crippen LogP contribution in [-0.2, 0) is 5.41 Å². The van der Waals surface area contributed by atoms with Gasteiger partial charge < -0.3 is 15.2 Å². The smallest absolute Gasteiger partial charge is 0.255 e. The number of amides is 1. The third-order valence-corrected chi connectivity index (χ3v) is 6.64. The van der Waals surface area contributed by atoms with Crippen LogP contribution in [-0.4, -0.2) is 24.2 Å². The molecule has 0 radical (unpaired) electrons. The Bertz CT molecular complexity index is 747. The summed E-state index contributed by atoms with van der Waals surface area (Å²) in [6.45, 7) is 4.86. The number of benzene rings is 1. The van der Waals surface area contributed by atoms with E-state index >= 15 is 0 Å². The molecule has 1 aliphatic rings. The molecule has 0 spiro atoms. The van der Waals surface area contributed by atoms with Crippen LogP contribution in [0.2, 0.25) is 0 Å². The first kappa shape index (κ1) is 18.9. The fraction of sp³-hybridized carbons (Fsp3) is 0.476. The van der Waals surface area contributed by atoms with Crippen LogP contribution in [0.25, 0.3) is 0 Å². The molecule has 2 aromatic rings. The number of aliphatic hydroxyl groups is 1. The SMILES string of the molecule is CCOc1ccccc1C(=O)NCC1(c2ccc(C(C)O)s2)CCCC1. The molecule has 1 aliphatic carbocycles. The van der Waals surface area contributed by atoms with Crippen molar-refractivity contribution in [2.45, 2.75) is 51.0 Å². The van der Waals surface area contributed by atoms with Crippen molar-refractivity contribution < 1.29 is 14.6 Å². The molecule has 140 valence electrons. The monoisotopic (exact) mass is 373 g/mol. The molecule has 1 aromatic heterocycles. The van der Waals surface area contributed by atoms with Crippen LogP contribution in [0.15, 0.2) is 36.4 Å². The highest BCUT2D eigenvalue weighted by molar-refractivity contribution is 7.12. The molecule has 5 heteroatoms. The summed E-state index contributed by atoms with van der Waals surface area (Å²) in [5, 5.41) is 13.0. The molecule has 4 nitrogen and oxygen atoms in total. The molecular weight excluding hydrogens is 346 g/mol. The predicted octanol–water partition coefficient (Wildman–Crippen LogP) is 4.44. The largest absolute Gasteiger partial charge is 0.493 e. The summed E-state index contributed by atoms with van der Waals surface area (Å²) < 4.78 is 5.58. The highest BCUT2D eigenvalue weighted by Gasteiger charge is 2.37. The van der Waals surface area contributed by atoms with Crippen molar-refractivity contribution in [1.29, 1.82) is 0 Å². The second-order valence-corrected chi connectivity index (χ2v) is 8.09. The van der Waals surface area contributed by atoms with E-state index in [0.29, 0.717) is 24.5 Å². The van der Waals surface area contributed by atoms with Gasteiger partial charge in [-0.25, -0.2) is 0 Å². The minimum atomic E-state index is -0.445. The zero-order chi connectivity index (χ0) is 18.6. The van der Waals surface area contributed by atoms with Gasteiger partial charge in [0.2, 0.25) is 0 Å². The van der Waals surface area contributed by atoms with E-state index in [9.17, 15) is 9.90 Å². The zero-order valence-corrected chi connectivity index (χ0v) is 16.3. The van der Waals surface area contributed by atoms with Crippen molar-refractivity contribution >= 4 is 17.2 Å². The van der Waals surface area contributed by atoms with Crippen LogP contribution in [0.4, 0.5) is 0 Å². The molecule has 0 aliphatic heterocycles. The number of aliphatic hydroxyl groups excluding tert-OH is 1. The summed E-state index contributed by atoms with van der Waals surface area (Å²) in [7, 11) is 0. The van der Waals surface area contributed by atoms with Gasteiger partial charge in [-0.3, -0.25) is 4.79 Å². The minimum absolute atomic E-state index is 0.0198. The van der Waals surface area contributed by atoms with E-state index in [1.54, 1.807) is 24.3 Å². The topological polar surface area (TPSA) is 58.6 Å². The van der Waals surface area contributed by atoms with Crippen molar-refractivity contribution in [3.05, 3.63) is 51.7 Å². The van der Waals surface area contributed by atoms with Gasteiger partial charge in [-0.05, 0) is 51.0 Å². The number of thiophene rings is 1. The van der Waals surface area contributed by atoms with Crippen LogP contribution < -0.4 is 10.1 Å². The first-order valence-corrected chi connectivity index (χ1v) is 10.2. The molecule has 1 unspecified atom stereocenters. The van der Waals surface area contributed by atoms with Crippen molar-refractivity contribution in [2.24, 2.45) is 0 Å². The molecule has 2 N–H and O–H groups in total. The molecule has 0 bridgehead atoms. The van der Waals surface area contributed by atoms with Crippen molar-refractivity contribution in [1.82, 2.24) is 5.32 Å². The lowest BCUT2D eigenvalue weighted by Crippen LogP contribution is -2.38. The molecule has 1 atom stereocenters. The molecular formula is C21H27NO3S. The molecule has 3 rings (SSSR count). The number of rotatable bonds is 7. The second-order valence-electron chi connectivity index (χ2n) is 6.98. The standard InChI is InChI=1S/C21H27NO3S/c1-3-25-17-9-5-4-8-16(17)20(24)22-14-21(12-6-7-13-21)19-11-10-18(26-19)15(2)23/h4-5,8-11,15,23H,3,6-7,12-14H2,1-2H3,(H,22,24). The summed E-state index contributed by atoms with van der Waals surface area (Å²) in [6, 6.07) is 11.5. The van der Waals surface area contributed by atoms with Gasteiger partial charge in [0.1, 0.15) is 5.75 Å². The summed E-state index contributed by atoms with van der Waals surface area (Å²) in [6.07, 6.45) is 4.04. The first-order chi connectivity index (χ1) is 12.6. The highest BCUT2D eigenvalue weighted by atomic mass is 32.1. The number of para-hydroxylation sites is 1. The molecule has 26 heavy (non-hydrogen) atoms. The number of carbonyl (C=O) groups excluding carboxylic acids is 1. The number of carbonyl (C=O) groups is 1. The van der Waals surface area contributed by atoms with Gasteiger partial charge in [0.05, 0.1) is 18.3 Å². The third kappa shape index (κ3) is 3.94. The first-order valence-electron chi connectivity index (χ1n) is 9.34. The number of nitrogens with one attached hydrogen (secondary N) is 1. The maximum absolute atomic E-state index is 12.8. The van der Waals surface area contributed by atoms with Crippen LogP contribution in [0.1, 0.15) is 65.7 Å². The maximum atomic E-state index is 12.8. The normalized spacial score (nSPS) is 17.0. The van der Waals surface area contributed by atoms with Crippen LogP contribution in [0, 0.1) is 0 Å². The summed E-state index contributed by atoms with van der Waals surface area (Å²) in [5.41, 5.74) is 0.562. The Hall–Kier alpha value is -1.85. The van der Waals surface area contributed by atoms with Crippen molar-refractivity contribution in [3.63, 3.8) is 0 Å². The zero-order valence-electron chi connectivity index (χ0n) is 15.5. The number of ether oxygens (including phenoxy) is 1. The lowest BCUT2D eigenvalue weighted by molar-refractivity contribution is 0.0939. The summed E-state index contributed by atoms with van der Waals surface area (Å²) in [5.74, 6) is 0.535. The third-order valence-electron chi connectivity index (χ3n) is 5.14. The average molecular weight is 374 g/mol. The summed E-state index contributed by atoms with van der Waals surface area (Å²) >= 11 is 1.67. The van der Waals surface area contributed by atoms with E-state index in [1.807, 2.05) is 31.2 Å². The lowest BCUT2D eigenvalue weighted by atomic mass is 9.84. The minimum Gasteiger partial charge on any atom is -0.493 e. The molecule has 0 saturated heterocycles. The Kier molecular flexibility index (Phi) is 5.99. The van der Waals surface area contributed by atoms with Gasteiger partial charge in [-0.1, -0.05) is 25.0 Å². The Morgan fingerprint density at radius 2 is 2.00 bits per heavy atom. The van der Waals surface area contributed by atoms with E-state index in [-0.39, 0.29) is 11.3 Å². The fourth-order valence-corrected chi connectivity index (χ4v) is 4.89. The Morgan fingerprint density at radius 1 is 1.27 bits per heavy atom. The number of hydrogen-bond acceptors (Lipinski definition) is 4. The van der Waals surface area contributed by atoms with Gasteiger partial charge >= 0.3 is 0 Å². The van der Waals surface area contributed by atoms with Crippen molar-refractivity contribution in [2.75, 3.05) is 13.2 Å². The molecule has 1 amide bonds. The molecule has 1 heterocycles. The molecule has 1 aromatic carbocycles. The predicted molar refractivity (Wildman–Crippen MR) is 105 cm³/mol. The van der Waals surface area contributed by atoms with Gasteiger partial charge in [0.25, 0.3) is 5.91 Å². The number of hydrogen-bond donors (Lipinski definition) is 2. The molecule has 1 fully saturated rings. The Morgan fingerprint density at radius 3 is 2.65 bits per heavy atom. The second kappa shape index (κ2) is 8.23. The van der Waals surface area contributed by atoms with Gasteiger partial charge in [-0.2, -0.15) is 0 Å². The quantitative estimate of drug-likeness (QED) is 0.754. The lowest BCUT2D eigenvalue weighted by Gasteiger charge is -2.28. The Balaban J connectivity index is 1.76. The fourth-order valence-electron chi connectivity index (χ4n) is 3.70. The van der Waals surface area contributed by atoms with E-state index in [2.05, 4.69) is 11.4 Å². The van der Waals surface area contributed by atoms with E-state index in [4.69, 9.17) is 4.74 Å². The van der Waals surface area contributed by atoms with Crippen LogP contribution in [0.3, 0.4) is 0 Å². The van der Waals surface area contributed by atoms with Crippen molar-refractivity contribution in [3.8, 4) is 5.75 Å². The van der Waals surface area contributed by atoms with E-state index in [1.165, 1.54) is 17.7 Å². The van der Waals surface area contributed by atoms with Gasteiger partial charge in [-0.15, -0.1) is 11.3 Å². The summed E-state index contributed by atoms with van der Waals surface area (Å²) in [4.78, 5) is 15.0. The highest BCUT2D eigenvalue weighted by Crippen LogP contribution is 2.44. The Labute approximate surface area is 159 Å². The van der Waals surface area contributed by atoms with Crippen LogP contribution >= 0.6 is 11.3 Å². The van der Waals surface area contributed by atoms with Gasteiger partial charge in [0.15, 0.2) is 0 Å². The van der Waals surface area contributed by atoms with Crippen LogP contribution in [0.5, 0.6) is 5.75 Å². The average Bonchev–Trinajstić information content (AvgIpc) is 3.31. The van der Waals surface area contributed by atoms with E-state index in [0.717, 1.165) is 17.7 Å². The molecule has 1 saturated carbocycles. The van der Waals surface area contributed by atoms with Gasteiger partial charge in [0, 0.05) is 21.7 Å². The van der Waals surface area contributed by atoms with E-state index < -0.39 is 6.10 Å².